The first-order valence-electron chi connectivity index (χ1n) is 4.79. The van der Waals surface area contributed by atoms with Crippen LogP contribution in [-0.2, 0) is 0 Å². The second-order valence-electron chi connectivity index (χ2n) is 3.34. The van der Waals surface area contributed by atoms with E-state index in [1.165, 1.54) is 5.98 Å². The molecule has 74 valence electrons. The molecule has 0 aliphatic rings. The first-order valence-corrected chi connectivity index (χ1v) is 4.79. The molecule has 2 aromatic rings. The third-order valence-corrected chi connectivity index (χ3v) is 2.27. The molecule has 0 bridgehead atoms. The van der Waals surface area contributed by atoms with E-state index in [9.17, 15) is 0 Å². The lowest BCUT2D eigenvalue weighted by Gasteiger charge is -2.01. The molecule has 0 aromatic heterocycles. The summed E-state index contributed by atoms with van der Waals surface area (Å²) in [6, 6.07) is 13.9. The second kappa shape index (κ2) is 4.30. The van der Waals surface area contributed by atoms with Crippen LogP contribution in [0.1, 0.15) is 5.56 Å². The summed E-state index contributed by atoms with van der Waals surface area (Å²) in [4.78, 5) is 0. The van der Waals surface area contributed by atoms with Crippen molar-refractivity contribution in [2.45, 2.75) is 0 Å². The van der Waals surface area contributed by atoms with Gasteiger partial charge in [-0.2, -0.15) is 0 Å². The van der Waals surface area contributed by atoms with Crippen molar-refractivity contribution in [3.63, 3.8) is 0 Å². The van der Waals surface area contributed by atoms with Gasteiger partial charge in [0.05, 0.1) is 0 Å². The van der Waals surface area contributed by atoms with Gasteiger partial charge in [0.15, 0.2) is 0 Å². The number of rotatable bonds is 2. The number of fused-ring (bicyclic) bond motifs is 1. The van der Waals surface area contributed by atoms with E-state index in [4.69, 9.17) is 10.0 Å². The molecule has 0 aliphatic carbocycles. The Balaban J connectivity index is 2.51. The molecule has 2 rings (SSSR count). The molecule has 3 heteroatoms. The number of benzene rings is 2. The monoisotopic (exact) mass is 198 g/mol. The molecule has 0 radical (unpaired) electrons. The molecule has 0 fully saturated rings. The Morgan fingerprint density at radius 2 is 1.67 bits per heavy atom. The van der Waals surface area contributed by atoms with Gasteiger partial charge in [0.2, 0.25) is 0 Å². The van der Waals surface area contributed by atoms with Crippen LogP contribution in [0.15, 0.2) is 48.4 Å². The fourth-order valence-corrected chi connectivity index (χ4v) is 1.59. The quantitative estimate of drug-likeness (QED) is 0.723. The first-order chi connectivity index (χ1) is 7.27. The van der Waals surface area contributed by atoms with Gasteiger partial charge in [-0.1, -0.05) is 54.5 Å². The van der Waals surface area contributed by atoms with Gasteiger partial charge in [-0.3, -0.25) is 0 Å². The van der Waals surface area contributed by atoms with Crippen molar-refractivity contribution in [1.82, 2.24) is 0 Å². The average molecular weight is 198 g/mol. The maximum Gasteiger partial charge on any atom is 0.480 e. The summed E-state index contributed by atoms with van der Waals surface area (Å²) in [6.07, 6.45) is 1.72. The summed E-state index contributed by atoms with van der Waals surface area (Å²) in [5.41, 5.74) is 0.987. The molecule has 0 aliphatic heterocycles. The summed E-state index contributed by atoms with van der Waals surface area (Å²) in [5, 5.41) is 19.8. The predicted octanol–water partition coefficient (Wildman–Crippen LogP) is 1.86. The van der Waals surface area contributed by atoms with Gasteiger partial charge in [0.25, 0.3) is 0 Å². The minimum Gasteiger partial charge on any atom is -0.424 e. The molecule has 0 saturated carbocycles. The van der Waals surface area contributed by atoms with Crippen LogP contribution in [0.25, 0.3) is 16.8 Å². The topological polar surface area (TPSA) is 40.5 Å². The summed E-state index contributed by atoms with van der Waals surface area (Å²) in [5.74, 6) is 1.35. The van der Waals surface area contributed by atoms with Crippen molar-refractivity contribution in [2.75, 3.05) is 0 Å². The van der Waals surface area contributed by atoms with Gasteiger partial charge in [-0.15, -0.1) is 0 Å². The van der Waals surface area contributed by atoms with Crippen LogP contribution in [0.2, 0.25) is 0 Å². The summed E-state index contributed by atoms with van der Waals surface area (Å²) in [7, 11) is -1.40. The SMILES string of the molecule is OB(O)/C=C\c1cccc2ccccc12. The highest BCUT2D eigenvalue weighted by Crippen LogP contribution is 2.19. The molecule has 0 unspecified atom stereocenters. The maximum absolute atomic E-state index is 8.75. The van der Waals surface area contributed by atoms with Gasteiger partial charge in [0, 0.05) is 0 Å². The highest BCUT2D eigenvalue weighted by atomic mass is 16.4. The van der Waals surface area contributed by atoms with Crippen LogP contribution in [0.3, 0.4) is 0 Å². The Morgan fingerprint density at radius 1 is 0.933 bits per heavy atom. The van der Waals surface area contributed by atoms with Crippen molar-refractivity contribution in [1.29, 1.82) is 0 Å². The molecular formula is C12H11BO2. The third kappa shape index (κ3) is 2.26. The van der Waals surface area contributed by atoms with Crippen LogP contribution in [0.5, 0.6) is 0 Å². The van der Waals surface area contributed by atoms with E-state index < -0.39 is 7.12 Å². The van der Waals surface area contributed by atoms with Crippen molar-refractivity contribution in [2.24, 2.45) is 0 Å². The maximum atomic E-state index is 8.75. The van der Waals surface area contributed by atoms with Crippen molar-refractivity contribution in [3.8, 4) is 0 Å². The normalized spacial score (nSPS) is 11.1. The molecule has 0 amide bonds. The Labute approximate surface area is 88.6 Å². The van der Waals surface area contributed by atoms with E-state index in [1.54, 1.807) is 6.08 Å². The van der Waals surface area contributed by atoms with Gasteiger partial charge in [-0.25, -0.2) is 0 Å². The van der Waals surface area contributed by atoms with E-state index in [1.807, 2.05) is 42.5 Å². The summed E-state index contributed by atoms with van der Waals surface area (Å²) < 4.78 is 0. The zero-order chi connectivity index (χ0) is 10.7. The lowest BCUT2D eigenvalue weighted by atomic mass is 9.90. The highest BCUT2D eigenvalue weighted by Gasteiger charge is 2.00. The van der Waals surface area contributed by atoms with Crippen LogP contribution in [0.4, 0.5) is 0 Å². The van der Waals surface area contributed by atoms with E-state index in [0.717, 1.165) is 16.3 Å². The summed E-state index contributed by atoms with van der Waals surface area (Å²) >= 11 is 0. The van der Waals surface area contributed by atoms with E-state index >= 15 is 0 Å². The lowest BCUT2D eigenvalue weighted by molar-refractivity contribution is 0.424. The third-order valence-electron chi connectivity index (χ3n) is 2.27. The number of hydrogen-bond acceptors (Lipinski definition) is 2. The van der Waals surface area contributed by atoms with Crippen LogP contribution in [0, 0.1) is 0 Å². The van der Waals surface area contributed by atoms with Gasteiger partial charge < -0.3 is 10.0 Å². The Bertz CT molecular complexity index is 486. The Morgan fingerprint density at radius 3 is 2.47 bits per heavy atom. The van der Waals surface area contributed by atoms with Gasteiger partial charge in [-0.05, 0) is 16.3 Å². The molecular weight excluding hydrogens is 187 g/mol. The predicted molar refractivity (Wildman–Crippen MR) is 63.2 cm³/mol. The molecule has 0 saturated heterocycles. The molecule has 0 heterocycles. The van der Waals surface area contributed by atoms with Crippen molar-refractivity contribution in [3.05, 3.63) is 54.0 Å². The zero-order valence-corrected chi connectivity index (χ0v) is 8.17. The standard InChI is InChI=1S/C12H11BO2/c14-13(15)9-8-11-6-3-5-10-4-1-2-7-12(10)11/h1-9,14-15H/b9-8-. The van der Waals surface area contributed by atoms with E-state index in [2.05, 4.69) is 0 Å². The van der Waals surface area contributed by atoms with Crippen molar-refractivity contribution < 1.29 is 10.0 Å². The van der Waals surface area contributed by atoms with Crippen LogP contribution >= 0.6 is 0 Å². The van der Waals surface area contributed by atoms with Gasteiger partial charge in [0.1, 0.15) is 0 Å². The minimum absolute atomic E-state index is 0.987. The molecule has 0 atom stereocenters. The Hall–Kier alpha value is -1.58. The van der Waals surface area contributed by atoms with E-state index in [-0.39, 0.29) is 0 Å². The van der Waals surface area contributed by atoms with Crippen LogP contribution in [-0.4, -0.2) is 17.2 Å². The molecule has 15 heavy (non-hydrogen) atoms. The van der Waals surface area contributed by atoms with E-state index in [0.29, 0.717) is 0 Å². The van der Waals surface area contributed by atoms with Crippen LogP contribution < -0.4 is 0 Å². The molecule has 2 aromatic carbocycles. The average Bonchev–Trinajstić information content (AvgIpc) is 2.26. The fourth-order valence-electron chi connectivity index (χ4n) is 1.59. The van der Waals surface area contributed by atoms with Crippen molar-refractivity contribution >= 4 is 24.0 Å². The molecule has 2 nitrogen and oxygen atoms in total. The lowest BCUT2D eigenvalue weighted by Crippen LogP contribution is -2.05. The first kappa shape index (κ1) is 9.96. The second-order valence-corrected chi connectivity index (χ2v) is 3.34. The Kier molecular flexibility index (Phi) is 2.85. The molecule has 0 spiro atoms. The largest absolute Gasteiger partial charge is 0.480 e. The highest BCUT2D eigenvalue weighted by molar-refractivity contribution is 6.48. The van der Waals surface area contributed by atoms with Gasteiger partial charge >= 0.3 is 7.12 Å². The smallest absolute Gasteiger partial charge is 0.424 e. The fraction of sp³-hybridized carbons (Fsp3) is 0. The number of hydrogen-bond donors (Lipinski definition) is 2. The minimum atomic E-state index is -1.40. The zero-order valence-electron chi connectivity index (χ0n) is 8.17. The summed E-state index contributed by atoms with van der Waals surface area (Å²) in [6.45, 7) is 0. The molecule has 2 N–H and O–H groups in total.